The van der Waals surface area contributed by atoms with Gasteiger partial charge in [-0.2, -0.15) is 0 Å². The first kappa shape index (κ1) is 19.1. The Morgan fingerprint density at radius 1 is 1.36 bits per heavy atom. The van der Waals surface area contributed by atoms with E-state index in [1.54, 1.807) is 0 Å². The Hall–Kier alpha value is -2.28. The Kier molecular flexibility index (Phi) is 6.25. The summed E-state index contributed by atoms with van der Waals surface area (Å²) < 4.78 is 12.9. The van der Waals surface area contributed by atoms with Crippen molar-refractivity contribution in [2.45, 2.75) is 44.3 Å². The van der Waals surface area contributed by atoms with Crippen molar-refractivity contribution in [1.82, 2.24) is 0 Å². The second kappa shape index (κ2) is 8.20. The Morgan fingerprint density at radius 3 is 2.40 bits per heavy atom. The molecule has 6 nitrogen and oxygen atoms in total. The number of hydrogen-bond donors (Lipinski definition) is 2. The molecule has 2 atom stereocenters. The predicted octanol–water partition coefficient (Wildman–Crippen LogP) is 2.73. The molecule has 1 aliphatic rings. The van der Waals surface area contributed by atoms with Gasteiger partial charge in [0.2, 0.25) is 0 Å². The van der Waals surface area contributed by atoms with Crippen LogP contribution in [0.15, 0.2) is 36.6 Å². The van der Waals surface area contributed by atoms with Crippen LogP contribution in [0.5, 0.6) is 0 Å². The SMILES string of the molecule is C=C(O)C(N)CC(Cc1ccc(CC2CC(F)C2)cc1)C(=O)[N+](=O)[O-]. The van der Waals surface area contributed by atoms with Gasteiger partial charge < -0.3 is 10.8 Å². The maximum atomic E-state index is 12.9. The van der Waals surface area contributed by atoms with Gasteiger partial charge >= 0.3 is 5.91 Å². The van der Waals surface area contributed by atoms with E-state index in [-0.39, 0.29) is 18.6 Å². The van der Waals surface area contributed by atoms with Gasteiger partial charge in [0.15, 0.2) is 0 Å². The number of hydrogen-bond acceptors (Lipinski definition) is 5. The molecule has 1 aliphatic carbocycles. The number of nitro groups is 1. The highest BCUT2D eigenvalue weighted by Gasteiger charge is 2.32. The smallest absolute Gasteiger partial charge is 0.448 e. The standard InChI is InChI=1S/C18H23FN2O4/c1-11(22)17(20)10-15(18(23)21(24)25)7-13-4-2-12(3-5-13)6-14-8-16(19)9-14/h2-5,14-17,22H,1,6-10,20H2. The monoisotopic (exact) mass is 350 g/mol. The molecule has 0 aliphatic heterocycles. The summed E-state index contributed by atoms with van der Waals surface area (Å²) in [7, 11) is 0. The zero-order valence-electron chi connectivity index (χ0n) is 13.9. The number of carbonyl (C=O) groups is 1. The van der Waals surface area contributed by atoms with E-state index < -0.39 is 29.0 Å². The fraction of sp³-hybridized carbons (Fsp3) is 0.500. The Labute approximate surface area is 145 Å². The molecule has 0 aromatic heterocycles. The van der Waals surface area contributed by atoms with Crippen molar-refractivity contribution in [1.29, 1.82) is 0 Å². The van der Waals surface area contributed by atoms with E-state index in [2.05, 4.69) is 6.58 Å². The molecule has 136 valence electrons. The van der Waals surface area contributed by atoms with Gasteiger partial charge in [-0.1, -0.05) is 30.8 Å². The van der Waals surface area contributed by atoms with Crippen LogP contribution in [-0.2, 0) is 17.6 Å². The first-order valence-corrected chi connectivity index (χ1v) is 8.29. The van der Waals surface area contributed by atoms with Crippen LogP contribution in [0.2, 0.25) is 0 Å². The average molecular weight is 350 g/mol. The summed E-state index contributed by atoms with van der Waals surface area (Å²) in [6.45, 7) is 3.30. The van der Waals surface area contributed by atoms with E-state index in [0.29, 0.717) is 18.8 Å². The highest BCUT2D eigenvalue weighted by Crippen LogP contribution is 2.32. The van der Waals surface area contributed by atoms with E-state index in [1.165, 1.54) is 0 Å². The fourth-order valence-corrected chi connectivity index (χ4v) is 3.11. The molecular weight excluding hydrogens is 327 g/mol. The molecule has 0 bridgehead atoms. The van der Waals surface area contributed by atoms with E-state index in [0.717, 1.165) is 17.5 Å². The van der Waals surface area contributed by atoms with Crippen LogP contribution >= 0.6 is 0 Å². The van der Waals surface area contributed by atoms with Gasteiger partial charge in [0.1, 0.15) is 16.9 Å². The van der Waals surface area contributed by atoms with Crippen LogP contribution in [0.4, 0.5) is 4.39 Å². The third-order valence-corrected chi connectivity index (χ3v) is 4.70. The number of alkyl halides is 1. The summed E-state index contributed by atoms with van der Waals surface area (Å²) in [6.07, 6.45) is 1.46. The topological polar surface area (TPSA) is 106 Å². The normalized spacial score (nSPS) is 21.8. The molecule has 1 aromatic rings. The van der Waals surface area contributed by atoms with E-state index in [1.807, 2.05) is 24.3 Å². The number of nitrogens with zero attached hydrogens (tertiary/aromatic N) is 1. The lowest BCUT2D eigenvalue weighted by molar-refractivity contribution is -0.407. The summed E-state index contributed by atoms with van der Waals surface area (Å²) in [5.74, 6) is -1.98. The first-order chi connectivity index (χ1) is 11.8. The fourth-order valence-electron chi connectivity index (χ4n) is 3.11. The molecular formula is C18H23FN2O4. The lowest BCUT2D eigenvalue weighted by Gasteiger charge is -2.29. The molecule has 1 fully saturated rings. The van der Waals surface area contributed by atoms with Crippen LogP contribution in [0, 0.1) is 22.0 Å². The second-order valence-electron chi connectivity index (χ2n) is 6.79. The molecule has 0 spiro atoms. The first-order valence-electron chi connectivity index (χ1n) is 8.29. The Bertz CT molecular complexity index is 641. The summed E-state index contributed by atoms with van der Waals surface area (Å²) in [4.78, 5) is 21.7. The van der Waals surface area contributed by atoms with Crippen molar-refractivity contribution in [2.24, 2.45) is 17.6 Å². The third kappa shape index (κ3) is 5.35. The molecule has 0 radical (unpaired) electrons. The van der Waals surface area contributed by atoms with Crippen LogP contribution in [0.1, 0.15) is 30.4 Å². The van der Waals surface area contributed by atoms with Crippen molar-refractivity contribution in [2.75, 3.05) is 0 Å². The van der Waals surface area contributed by atoms with Crippen LogP contribution < -0.4 is 5.73 Å². The molecule has 2 unspecified atom stereocenters. The van der Waals surface area contributed by atoms with Gasteiger partial charge in [0.05, 0.1) is 12.0 Å². The van der Waals surface area contributed by atoms with Gasteiger partial charge in [-0.15, -0.1) is 0 Å². The number of aliphatic hydroxyl groups excluding tert-OH is 1. The number of aliphatic hydroxyl groups is 1. The Morgan fingerprint density at radius 2 is 1.92 bits per heavy atom. The lowest BCUT2D eigenvalue weighted by Crippen LogP contribution is -2.33. The van der Waals surface area contributed by atoms with Crippen molar-refractivity contribution in [3.63, 3.8) is 0 Å². The van der Waals surface area contributed by atoms with Crippen molar-refractivity contribution >= 4 is 5.91 Å². The number of rotatable bonds is 8. The quantitative estimate of drug-likeness (QED) is 0.426. The summed E-state index contributed by atoms with van der Waals surface area (Å²) in [5, 5.41) is 20.1. The largest absolute Gasteiger partial charge is 0.511 e. The average Bonchev–Trinajstić information content (AvgIpc) is 2.53. The van der Waals surface area contributed by atoms with Crippen molar-refractivity contribution in [3.8, 4) is 0 Å². The number of benzene rings is 1. The molecule has 1 saturated carbocycles. The number of halogens is 1. The molecule has 25 heavy (non-hydrogen) atoms. The van der Waals surface area contributed by atoms with Gasteiger partial charge in [-0.05, 0) is 49.1 Å². The summed E-state index contributed by atoms with van der Waals surface area (Å²) >= 11 is 0. The predicted molar refractivity (Wildman–Crippen MR) is 91.3 cm³/mol. The molecule has 1 amide bonds. The molecule has 7 heteroatoms. The minimum atomic E-state index is -1.12. The van der Waals surface area contributed by atoms with Crippen LogP contribution in [0.3, 0.4) is 0 Å². The lowest BCUT2D eigenvalue weighted by atomic mass is 9.79. The van der Waals surface area contributed by atoms with E-state index >= 15 is 0 Å². The molecule has 2 rings (SSSR count). The molecule has 1 aromatic carbocycles. The van der Waals surface area contributed by atoms with Gasteiger partial charge in [-0.3, -0.25) is 10.1 Å². The Balaban J connectivity index is 2.00. The zero-order valence-corrected chi connectivity index (χ0v) is 13.9. The van der Waals surface area contributed by atoms with E-state index in [9.17, 15) is 24.4 Å². The van der Waals surface area contributed by atoms with Crippen molar-refractivity contribution in [3.05, 3.63) is 57.8 Å². The van der Waals surface area contributed by atoms with Crippen LogP contribution in [0.25, 0.3) is 0 Å². The third-order valence-electron chi connectivity index (χ3n) is 4.70. The zero-order chi connectivity index (χ0) is 18.6. The van der Waals surface area contributed by atoms with Gasteiger partial charge in [-0.25, -0.2) is 9.18 Å². The highest BCUT2D eigenvalue weighted by atomic mass is 19.1. The minimum absolute atomic E-state index is 0.0448. The molecule has 3 N–H and O–H groups in total. The highest BCUT2D eigenvalue weighted by molar-refractivity contribution is 5.70. The van der Waals surface area contributed by atoms with Crippen LogP contribution in [-0.4, -0.2) is 28.2 Å². The minimum Gasteiger partial charge on any atom is -0.511 e. The molecule has 0 heterocycles. The number of carbonyl (C=O) groups excluding carboxylic acids is 1. The van der Waals surface area contributed by atoms with Gasteiger partial charge in [0, 0.05) is 0 Å². The van der Waals surface area contributed by atoms with Crippen molar-refractivity contribution < 1.29 is 19.2 Å². The second-order valence-corrected chi connectivity index (χ2v) is 6.79. The van der Waals surface area contributed by atoms with Gasteiger partial charge in [0.25, 0.3) is 0 Å². The summed E-state index contributed by atoms with van der Waals surface area (Å²) in [6, 6.07) is 6.56. The number of amides is 1. The maximum absolute atomic E-state index is 12.9. The van der Waals surface area contributed by atoms with E-state index in [4.69, 9.17) is 5.73 Å². The summed E-state index contributed by atoms with van der Waals surface area (Å²) in [5.41, 5.74) is 7.52. The number of nitrogens with two attached hydrogens (primary N) is 1. The molecule has 0 saturated heterocycles. The maximum Gasteiger partial charge on any atom is 0.448 e.